The molecule has 1 N–H and O–H groups in total. The van der Waals surface area contributed by atoms with Crippen molar-refractivity contribution < 1.29 is 4.79 Å². The zero-order valence-electron chi connectivity index (χ0n) is 12.5. The number of anilines is 1. The zero-order chi connectivity index (χ0) is 15.1. The van der Waals surface area contributed by atoms with E-state index >= 15 is 0 Å². The topological polar surface area (TPSA) is 29.1 Å². The number of amides is 1. The van der Waals surface area contributed by atoms with Gasteiger partial charge >= 0.3 is 0 Å². The summed E-state index contributed by atoms with van der Waals surface area (Å²) in [4.78, 5) is 13.2. The van der Waals surface area contributed by atoms with E-state index in [0.717, 1.165) is 17.0 Å². The Hall–Kier alpha value is -1.74. The smallest absolute Gasteiger partial charge is 0.234 e. The van der Waals surface area contributed by atoms with Crippen molar-refractivity contribution in [3.63, 3.8) is 0 Å². The number of thioether (sulfide) groups is 1. The Balaban J connectivity index is 1.97. The minimum atomic E-state index is 0.0413. The first-order valence-corrected chi connectivity index (χ1v) is 8.26. The summed E-state index contributed by atoms with van der Waals surface area (Å²) < 4.78 is 0. The molecule has 1 amide bonds. The molecule has 0 heterocycles. The minimum Gasteiger partial charge on any atom is -0.325 e. The Morgan fingerprint density at radius 3 is 2.48 bits per heavy atom. The van der Waals surface area contributed by atoms with Crippen molar-refractivity contribution in [1.82, 2.24) is 0 Å². The lowest BCUT2D eigenvalue weighted by atomic mass is 9.97. The first kappa shape index (κ1) is 15.6. The van der Waals surface area contributed by atoms with Gasteiger partial charge in [-0.05, 0) is 36.1 Å². The molecule has 1 atom stereocenters. The fourth-order valence-electron chi connectivity index (χ4n) is 2.11. The van der Waals surface area contributed by atoms with Gasteiger partial charge in [-0.1, -0.05) is 50.2 Å². The van der Waals surface area contributed by atoms with Gasteiger partial charge in [0.05, 0.1) is 5.75 Å². The van der Waals surface area contributed by atoms with E-state index in [9.17, 15) is 4.79 Å². The van der Waals surface area contributed by atoms with Crippen molar-refractivity contribution in [2.75, 3.05) is 11.1 Å². The summed E-state index contributed by atoms with van der Waals surface area (Å²) in [6, 6.07) is 18.0. The summed E-state index contributed by atoms with van der Waals surface area (Å²) >= 11 is 1.56. The van der Waals surface area contributed by atoms with Crippen LogP contribution in [0.3, 0.4) is 0 Å². The predicted molar refractivity (Wildman–Crippen MR) is 90.9 cm³/mol. The van der Waals surface area contributed by atoms with Crippen LogP contribution in [-0.2, 0) is 4.79 Å². The van der Waals surface area contributed by atoms with Crippen LogP contribution in [-0.4, -0.2) is 11.7 Å². The average molecular weight is 299 g/mol. The summed E-state index contributed by atoms with van der Waals surface area (Å²) in [5.74, 6) is 0.918. The standard InChI is InChI=1S/C18H21NOS/c1-3-14(2)16-11-7-8-12-17(16)19-18(20)13-21-15-9-5-4-6-10-15/h4-12,14H,3,13H2,1-2H3,(H,19,20)/t14-/m0/s1. The van der Waals surface area contributed by atoms with Gasteiger partial charge in [0.15, 0.2) is 0 Å². The van der Waals surface area contributed by atoms with Crippen molar-refractivity contribution in [2.24, 2.45) is 0 Å². The first-order valence-electron chi connectivity index (χ1n) is 7.27. The van der Waals surface area contributed by atoms with Crippen LogP contribution in [0.1, 0.15) is 31.7 Å². The van der Waals surface area contributed by atoms with E-state index in [-0.39, 0.29) is 5.91 Å². The zero-order valence-corrected chi connectivity index (χ0v) is 13.3. The van der Waals surface area contributed by atoms with Crippen molar-refractivity contribution in [3.8, 4) is 0 Å². The first-order chi connectivity index (χ1) is 10.2. The Bertz CT molecular complexity index is 583. The second kappa shape index (κ2) is 7.89. The molecule has 2 aromatic carbocycles. The summed E-state index contributed by atoms with van der Waals surface area (Å²) in [5.41, 5.74) is 2.14. The lowest BCUT2D eigenvalue weighted by Gasteiger charge is -2.15. The number of nitrogens with one attached hydrogen (secondary N) is 1. The molecule has 0 aliphatic rings. The molecule has 0 radical (unpaired) electrons. The molecule has 0 aliphatic heterocycles. The number of rotatable bonds is 6. The lowest BCUT2D eigenvalue weighted by molar-refractivity contribution is -0.113. The molecule has 2 rings (SSSR count). The Morgan fingerprint density at radius 1 is 1.10 bits per heavy atom. The number of hydrogen-bond acceptors (Lipinski definition) is 2. The molecular formula is C18H21NOS. The normalized spacial score (nSPS) is 11.9. The number of para-hydroxylation sites is 1. The molecule has 0 fully saturated rings. The third-order valence-corrected chi connectivity index (χ3v) is 4.50. The molecule has 3 heteroatoms. The summed E-state index contributed by atoms with van der Waals surface area (Å²) in [6.45, 7) is 4.35. The maximum absolute atomic E-state index is 12.1. The van der Waals surface area contributed by atoms with Crippen LogP contribution in [0.2, 0.25) is 0 Å². The highest BCUT2D eigenvalue weighted by molar-refractivity contribution is 8.00. The lowest BCUT2D eigenvalue weighted by Crippen LogP contribution is -2.15. The fraction of sp³-hybridized carbons (Fsp3) is 0.278. The van der Waals surface area contributed by atoms with Crippen LogP contribution in [0.25, 0.3) is 0 Å². The number of carbonyl (C=O) groups is 1. The largest absolute Gasteiger partial charge is 0.325 e. The third-order valence-electron chi connectivity index (χ3n) is 3.49. The van der Waals surface area contributed by atoms with Crippen molar-refractivity contribution in [1.29, 1.82) is 0 Å². The molecule has 0 spiro atoms. The van der Waals surface area contributed by atoms with Crippen LogP contribution < -0.4 is 5.32 Å². The van der Waals surface area contributed by atoms with Crippen LogP contribution in [0.4, 0.5) is 5.69 Å². The van der Waals surface area contributed by atoms with E-state index in [1.807, 2.05) is 48.5 Å². The van der Waals surface area contributed by atoms with E-state index in [4.69, 9.17) is 0 Å². The molecular weight excluding hydrogens is 278 g/mol. The molecule has 2 nitrogen and oxygen atoms in total. The summed E-state index contributed by atoms with van der Waals surface area (Å²) in [6.07, 6.45) is 1.06. The molecule has 0 unspecified atom stereocenters. The molecule has 0 saturated carbocycles. The highest BCUT2D eigenvalue weighted by atomic mass is 32.2. The van der Waals surface area contributed by atoms with Gasteiger partial charge in [0.2, 0.25) is 5.91 Å². The van der Waals surface area contributed by atoms with E-state index in [2.05, 4.69) is 25.2 Å². The number of hydrogen-bond donors (Lipinski definition) is 1. The molecule has 0 aromatic heterocycles. The van der Waals surface area contributed by atoms with Gasteiger partial charge in [-0.3, -0.25) is 4.79 Å². The van der Waals surface area contributed by atoms with Gasteiger partial charge in [-0.2, -0.15) is 0 Å². The highest BCUT2D eigenvalue weighted by Crippen LogP contribution is 2.27. The van der Waals surface area contributed by atoms with E-state index in [0.29, 0.717) is 11.7 Å². The highest BCUT2D eigenvalue weighted by Gasteiger charge is 2.11. The third kappa shape index (κ3) is 4.64. The van der Waals surface area contributed by atoms with E-state index < -0.39 is 0 Å². The van der Waals surface area contributed by atoms with Gasteiger partial charge < -0.3 is 5.32 Å². The quantitative estimate of drug-likeness (QED) is 0.766. The van der Waals surface area contributed by atoms with Gasteiger partial charge in [0.25, 0.3) is 0 Å². The summed E-state index contributed by atoms with van der Waals surface area (Å²) in [7, 11) is 0. The van der Waals surface area contributed by atoms with Crippen molar-refractivity contribution in [2.45, 2.75) is 31.1 Å². The second-order valence-corrected chi connectivity index (χ2v) is 6.10. The SMILES string of the molecule is CC[C@H](C)c1ccccc1NC(=O)CSc1ccccc1. The Kier molecular flexibility index (Phi) is 5.88. The molecule has 2 aromatic rings. The van der Waals surface area contributed by atoms with Crippen LogP contribution >= 0.6 is 11.8 Å². The number of carbonyl (C=O) groups excluding carboxylic acids is 1. The van der Waals surface area contributed by atoms with E-state index in [1.165, 1.54) is 5.56 Å². The van der Waals surface area contributed by atoms with Crippen molar-refractivity contribution >= 4 is 23.4 Å². The number of benzene rings is 2. The second-order valence-electron chi connectivity index (χ2n) is 5.05. The predicted octanol–water partition coefficient (Wildman–Crippen LogP) is 4.93. The van der Waals surface area contributed by atoms with Crippen molar-refractivity contribution in [3.05, 3.63) is 60.2 Å². The molecule has 110 valence electrons. The molecule has 0 saturated heterocycles. The average Bonchev–Trinajstić information content (AvgIpc) is 2.54. The fourth-order valence-corrected chi connectivity index (χ4v) is 2.83. The van der Waals surface area contributed by atoms with Crippen LogP contribution in [0.15, 0.2) is 59.5 Å². The molecule has 21 heavy (non-hydrogen) atoms. The van der Waals surface area contributed by atoms with Gasteiger partial charge in [0, 0.05) is 10.6 Å². The van der Waals surface area contributed by atoms with Crippen LogP contribution in [0, 0.1) is 0 Å². The maximum Gasteiger partial charge on any atom is 0.234 e. The molecule has 0 bridgehead atoms. The van der Waals surface area contributed by atoms with Gasteiger partial charge in [-0.25, -0.2) is 0 Å². The van der Waals surface area contributed by atoms with Gasteiger partial charge in [-0.15, -0.1) is 11.8 Å². The Morgan fingerprint density at radius 2 is 1.76 bits per heavy atom. The van der Waals surface area contributed by atoms with Gasteiger partial charge in [0.1, 0.15) is 0 Å². The Labute approximate surface area is 131 Å². The minimum absolute atomic E-state index is 0.0413. The van der Waals surface area contributed by atoms with E-state index in [1.54, 1.807) is 11.8 Å². The van der Waals surface area contributed by atoms with Crippen LogP contribution in [0.5, 0.6) is 0 Å². The molecule has 0 aliphatic carbocycles. The monoisotopic (exact) mass is 299 g/mol. The summed E-state index contributed by atoms with van der Waals surface area (Å²) in [5, 5.41) is 3.04. The maximum atomic E-state index is 12.1.